The normalized spacial score (nSPS) is 21.8. The molecular formula is C21H23ClN6O. The topological polar surface area (TPSA) is 113 Å². The molecule has 2 heterocycles. The lowest BCUT2D eigenvalue weighted by atomic mass is 9.68. The molecule has 0 spiro atoms. The maximum absolute atomic E-state index is 12.5. The smallest absolute Gasteiger partial charge is 0.267 e. The first-order valence-electron chi connectivity index (χ1n) is 9.65. The number of nitrogens with zero attached hydrogens (tertiary/aromatic N) is 4. The molecule has 1 aromatic carbocycles. The van der Waals surface area contributed by atoms with Crippen molar-refractivity contribution >= 4 is 17.5 Å². The van der Waals surface area contributed by atoms with Crippen LogP contribution in [0.5, 0.6) is 0 Å². The van der Waals surface area contributed by atoms with E-state index in [0.29, 0.717) is 17.3 Å². The van der Waals surface area contributed by atoms with Gasteiger partial charge in [0.05, 0.1) is 11.7 Å². The van der Waals surface area contributed by atoms with Gasteiger partial charge in [0, 0.05) is 41.0 Å². The Morgan fingerprint density at radius 3 is 2.52 bits per heavy atom. The molecule has 4 rings (SSSR count). The molecule has 1 fully saturated rings. The van der Waals surface area contributed by atoms with E-state index in [0.717, 1.165) is 31.2 Å². The summed E-state index contributed by atoms with van der Waals surface area (Å²) in [7, 11) is 0. The number of hydrogen-bond acceptors (Lipinski definition) is 6. The lowest BCUT2D eigenvalue weighted by Crippen LogP contribution is -2.41. The van der Waals surface area contributed by atoms with Gasteiger partial charge in [-0.25, -0.2) is 14.6 Å². The summed E-state index contributed by atoms with van der Waals surface area (Å²) in [5, 5.41) is 5.30. The van der Waals surface area contributed by atoms with Gasteiger partial charge in [0.25, 0.3) is 5.56 Å². The van der Waals surface area contributed by atoms with E-state index >= 15 is 0 Å². The second-order valence-corrected chi connectivity index (χ2v) is 7.99. The molecule has 29 heavy (non-hydrogen) atoms. The molecule has 7 nitrogen and oxygen atoms in total. The monoisotopic (exact) mass is 410 g/mol. The highest BCUT2D eigenvalue weighted by atomic mass is 35.5. The summed E-state index contributed by atoms with van der Waals surface area (Å²) in [5.74, 6) is 0.202. The standard InChI is InChI=1S/C21H23ClN6O/c22-16-3-1-2-15(10-16)21(13-23)8-6-17(7-9-21)28-19(29)5-4-18(27-28)14-11-25-20(24)26-12-14/h1-5,10-12,17H,6-9,13,23H2,(H2,24,25,26)/t17-,21-. The van der Waals surface area contributed by atoms with E-state index in [-0.39, 0.29) is 23.0 Å². The Kier molecular flexibility index (Phi) is 5.34. The maximum Gasteiger partial charge on any atom is 0.267 e. The lowest BCUT2D eigenvalue weighted by Gasteiger charge is -2.40. The minimum absolute atomic E-state index is 0.0241. The number of nitrogen functional groups attached to an aromatic ring is 1. The SMILES string of the molecule is NC[C@]1(c2cccc(Cl)c2)CC[C@H](n2nc(-c3cnc(N)nc3)ccc2=O)CC1. The number of benzene rings is 1. The molecule has 150 valence electrons. The van der Waals surface area contributed by atoms with E-state index in [1.54, 1.807) is 29.2 Å². The largest absolute Gasteiger partial charge is 0.368 e. The van der Waals surface area contributed by atoms with Crippen LogP contribution in [0.1, 0.15) is 37.3 Å². The van der Waals surface area contributed by atoms with Gasteiger partial charge >= 0.3 is 0 Å². The van der Waals surface area contributed by atoms with E-state index in [9.17, 15) is 4.79 Å². The number of aromatic nitrogens is 4. The highest BCUT2D eigenvalue weighted by Gasteiger charge is 2.37. The van der Waals surface area contributed by atoms with Gasteiger partial charge in [-0.15, -0.1) is 0 Å². The van der Waals surface area contributed by atoms with Gasteiger partial charge in [-0.1, -0.05) is 23.7 Å². The van der Waals surface area contributed by atoms with Crippen molar-refractivity contribution in [2.24, 2.45) is 5.73 Å². The van der Waals surface area contributed by atoms with Crippen LogP contribution in [0.25, 0.3) is 11.3 Å². The van der Waals surface area contributed by atoms with Gasteiger partial charge in [0.1, 0.15) is 0 Å². The van der Waals surface area contributed by atoms with Crippen molar-refractivity contribution in [1.29, 1.82) is 0 Å². The van der Waals surface area contributed by atoms with E-state index in [1.807, 2.05) is 18.2 Å². The second-order valence-electron chi connectivity index (χ2n) is 7.56. The van der Waals surface area contributed by atoms with Gasteiger partial charge < -0.3 is 11.5 Å². The number of hydrogen-bond donors (Lipinski definition) is 2. The van der Waals surface area contributed by atoms with Crippen molar-refractivity contribution in [3.63, 3.8) is 0 Å². The molecular weight excluding hydrogens is 388 g/mol. The minimum Gasteiger partial charge on any atom is -0.368 e. The van der Waals surface area contributed by atoms with Crippen molar-refractivity contribution in [3.05, 3.63) is 69.7 Å². The number of halogens is 1. The van der Waals surface area contributed by atoms with Crippen LogP contribution in [0.4, 0.5) is 5.95 Å². The van der Waals surface area contributed by atoms with Crippen LogP contribution in [-0.2, 0) is 5.41 Å². The number of rotatable bonds is 4. The van der Waals surface area contributed by atoms with Crippen molar-refractivity contribution in [3.8, 4) is 11.3 Å². The predicted octanol–water partition coefficient (Wildman–Crippen LogP) is 2.95. The van der Waals surface area contributed by atoms with Gasteiger partial charge in [0.15, 0.2) is 0 Å². The quantitative estimate of drug-likeness (QED) is 0.683. The van der Waals surface area contributed by atoms with E-state index in [2.05, 4.69) is 21.1 Å². The zero-order valence-electron chi connectivity index (χ0n) is 16.0. The molecule has 4 N–H and O–H groups in total. The van der Waals surface area contributed by atoms with E-state index in [1.165, 1.54) is 5.56 Å². The summed E-state index contributed by atoms with van der Waals surface area (Å²) >= 11 is 6.20. The van der Waals surface area contributed by atoms with Crippen LogP contribution in [0, 0.1) is 0 Å². The third kappa shape index (κ3) is 3.88. The van der Waals surface area contributed by atoms with Crippen LogP contribution in [0.2, 0.25) is 5.02 Å². The molecule has 0 radical (unpaired) electrons. The third-order valence-electron chi connectivity index (χ3n) is 5.88. The first kappa shape index (κ1) is 19.5. The van der Waals surface area contributed by atoms with Crippen molar-refractivity contribution in [2.75, 3.05) is 12.3 Å². The summed E-state index contributed by atoms with van der Waals surface area (Å²) in [6.07, 6.45) is 6.60. The summed E-state index contributed by atoms with van der Waals surface area (Å²) in [6, 6.07) is 11.2. The Bertz CT molecular complexity index is 1060. The fourth-order valence-electron chi connectivity index (χ4n) is 4.14. The molecule has 0 saturated heterocycles. The van der Waals surface area contributed by atoms with E-state index in [4.69, 9.17) is 23.1 Å². The van der Waals surface area contributed by atoms with Crippen molar-refractivity contribution in [1.82, 2.24) is 19.7 Å². The highest BCUT2D eigenvalue weighted by molar-refractivity contribution is 6.30. The molecule has 0 atom stereocenters. The first-order valence-corrected chi connectivity index (χ1v) is 10.0. The summed E-state index contributed by atoms with van der Waals surface area (Å²) in [4.78, 5) is 20.5. The molecule has 3 aromatic rings. The Morgan fingerprint density at radius 1 is 1.14 bits per heavy atom. The van der Waals surface area contributed by atoms with Gasteiger partial charge in [0.2, 0.25) is 5.95 Å². The molecule has 8 heteroatoms. The van der Waals surface area contributed by atoms with Crippen molar-refractivity contribution < 1.29 is 0 Å². The fraction of sp³-hybridized carbons (Fsp3) is 0.333. The van der Waals surface area contributed by atoms with E-state index < -0.39 is 0 Å². The Labute approximate surface area is 173 Å². The molecule has 1 aliphatic carbocycles. The molecule has 0 amide bonds. The molecule has 1 saturated carbocycles. The maximum atomic E-state index is 12.5. The zero-order chi connectivity index (χ0) is 20.4. The van der Waals surface area contributed by atoms with Gasteiger partial charge in [-0.3, -0.25) is 4.79 Å². The second kappa shape index (κ2) is 7.93. The van der Waals surface area contributed by atoms with Crippen LogP contribution >= 0.6 is 11.6 Å². The third-order valence-corrected chi connectivity index (χ3v) is 6.11. The van der Waals surface area contributed by atoms with Crippen LogP contribution in [-0.4, -0.2) is 26.3 Å². The van der Waals surface area contributed by atoms with Crippen LogP contribution in [0.3, 0.4) is 0 Å². The zero-order valence-corrected chi connectivity index (χ0v) is 16.7. The van der Waals surface area contributed by atoms with Crippen LogP contribution in [0.15, 0.2) is 53.6 Å². The molecule has 0 aliphatic heterocycles. The summed E-state index contributed by atoms with van der Waals surface area (Å²) < 4.78 is 1.59. The number of nitrogens with two attached hydrogens (primary N) is 2. The first-order chi connectivity index (χ1) is 14.0. The highest BCUT2D eigenvalue weighted by Crippen LogP contribution is 2.42. The Hall–Kier alpha value is -2.77. The number of anilines is 1. The molecule has 0 unspecified atom stereocenters. The minimum atomic E-state index is -0.118. The summed E-state index contributed by atoms with van der Waals surface area (Å²) in [5.41, 5.74) is 14.1. The average Bonchev–Trinajstić information content (AvgIpc) is 2.75. The van der Waals surface area contributed by atoms with Gasteiger partial charge in [-0.2, -0.15) is 5.10 Å². The lowest BCUT2D eigenvalue weighted by molar-refractivity contribution is 0.222. The van der Waals surface area contributed by atoms with Gasteiger partial charge in [-0.05, 0) is 49.4 Å². The van der Waals surface area contributed by atoms with Crippen LogP contribution < -0.4 is 17.0 Å². The van der Waals surface area contributed by atoms with Crippen molar-refractivity contribution in [2.45, 2.75) is 37.1 Å². The fourth-order valence-corrected chi connectivity index (χ4v) is 4.33. The average molecular weight is 411 g/mol. The Balaban J connectivity index is 1.59. The Morgan fingerprint density at radius 2 is 1.86 bits per heavy atom. The summed E-state index contributed by atoms with van der Waals surface area (Å²) in [6.45, 7) is 0.547. The predicted molar refractivity (Wildman–Crippen MR) is 114 cm³/mol. The molecule has 0 bridgehead atoms. The molecule has 2 aromatic heterocycles. The molecule has 1 aliphatic rings.